The van der Waals surface area contributed by atoms with Crippen LogP contribution in [-0.4, -0.2) is 35.7 Å². The number of carbonyl (C=O) groups is 2. The number of aliphatic carboxylic acids is 1. The third-order valence-corrected chi connectivity index (χ3v) is 4.30. The Kier molecular flexibility index (Phi) is 4.33. The van der Waals surface area contributed by atoms with E-state index in [4.69, 9.17) is 21.3 Å². The summed E-state index contributed by atoms with van der Waals surface area (Å²) in [6, 6.07) is 13.0. The zero-order valence-corrected chi connectivity index (χ0v) is 12.9. The summed E-state index contributed by atoms with van der Waals surface area (Å²) in [6.07, 6.45) is 0. The Labute approximate surface area is 139 Å². The molecule has 0 heterocycles. The highest BCUT2D eigenvalue weighted by Gasteiger charge is 2.32. The van der Waals surface area contributed by atoms with E-state index in [-0.39, 0.29) is 12.5 Å². The summed E-state index contributed by atoms with van der Waals surface area (Å²) in [5.41, 5.74) is 15.3. The summed E-state index contributed by atoms with van der Waals surface area (Å²) >= 11 is 0. The number of rotatable bonds is 5. The Morgan fingerprint density at radius 3 is 1.96 bits per heavy atom. The van der Waals surface area contributed by atoms with Gasteiger partial charge in [0.1, 0.15) is 18.7 Å². The van der Waals surface area contributed by atoms with E-state index >= 15 is 0 Å². The summed E-state index contributed by atoms with van der Waals surface area (Å²) in [7, 11) is 0. The standard InChI is InChI=1S/C18H18N2O4/c19-15(17(21)22)16(20)18(23)24-9-14-12-7-3-1-5-10(12)11-6-2-4-8-13(11)14/h1-8,14-16H,9,19-20H2,(H,21,22). The Morgan fingerprint density at radius 2 is 1.46 bits per heavy atom. The Morgan fingerprint density at radius 1 is 0.958 bits per heavy atom. The van der Waals surface area contributed by atoms with Crippen molar-refractivity contribution < 1.29 is 19.4 Å². The normalized spacial score (nSPS) is 15.2. The molecule has 0 amide bonds. The first-order valence-electron chi connectivity index (χ1n) is 7.59. The molecule has 2 aromatic rings. The van der Waals surface area contributed by atoms with E-state index in [2.05, 4.69) is 0 Å². The molecule has 0 fully saturated rings. The van der Waals surface area contributed by atoms with E-state index in [1.807, 2.05) is 48.5 Å². The minimum absolute atomic E-state index is 0.0902. The van der Waals surface area contributed by atoms with Gasteiger partial charge in [-0.2, -0.15) is 0 Å². The molecule has 1 aliphatic rings. The second-order valence-electron chi connectivity index (χ2n) is 5.75. The fraction of sp³-hybridized carbons (Fsp3) is 0.222. The van der Waals surface area contributed by atoms with Crippen molar-refractivity contribution in [3.05, 3.63) is 59.7 Å². The predicted molar refractivity (Wildman–Crippen MR) is 88.3 cm³/mol. The highest BCUT2D eigenvalue weighted by Crippen LogP contribution is 2.44. The van der Waals surface area contributed by atoms with Gasteiger partial charge in [0, 0.05) is 5.92 Å². The molecule has 24 heavy (non-hydrogen) atoms. The van der Waals surface area contributed by atoms with Crippen LogP contribution in [0, 0.1) is 0 Å². The van der Waals surface area contributed by atoms with Gasteiger partial charge in [-0.15, -0.1) is 0 Å². The van der Waals surface area contributed by atoms with E-state index in [9.17, 15) is 9.59 Å². The van der Waals surface area contributed by atoms with Crippen molar-refractivity contribution in [2.24, 2.45) is 11.5 Å². The quantitative estimate of drug-likeness (QED) is 0.708. The molecule has 1 aliphatic carbocycles. The maximum atomic E-state index is 12.0. The first-order chi connectivity index (χ1) is 11.5. The molecule has 0 radical (unpaired) electrons. The second kappa shape index (κ2) is 6.43. The lowest BCUT2D eigenvalue weighted by Crippen LogP contribution is -2.52. The van der Waals surface area contributed by atoms with Gasteiger partial charge < -0.3 is 21.3 Å². The van der Waals surface area contributed by atoms with Crippen LogP contribution >= 0.6 is 0 Å². The van der Waals surface area contributed by atoms with Crippen LogP contribution in [0.5, 0.6) is 0 Å². The highest BCUT2D eigenvalue weighted by molar-refractivity contribution is 5.86. The number of hydrogen-bond acceptors (Lipinski definition) is 5. The lowest BCUT2D eigenvalue weighted by Gasteiger charge is -2.18. The van der Waals surface area contributed by atoms with Crippen LogP contribution in [0.25, 0.3) is 11.1 Å². The molecule has 2 atom stereocenters. The number of ether oxygens (including phenoxy) is 1. The smallest absolute Gasteiger partial charge is 0.325 e. The van der Waals surface area contributed by atoms with E-state index in [0.29, 0.717) is 0 Å². The molecule has 0 bridgehead atoms. The number of carboxylic acids is 1. The average molecular weight is 326 g/mol. The molecule has 0 aliphatic heterocycles. The van der Waals surface area contributed by atoms with Crippen LogP contribution in [0.1, 0.15) is 17.0 Å². The Bertz CT molecular complexity index is 745. The van der Waals surface area contributed by atoms with Crippen LogP contribution in [0.3, 0.4) is 0 Å². The Balaban J connectivity index is 1.79. The first-order valence-corrected chi connectivity index (χ1v) is 7.59. The SMILES string of the molecule is NC(C(=O)O)C(N)C(=O)OCC1c2ccccc2-c2ccccc21. The van der Waals surface area contributed by atoms with Crippen LogP contribution in [0.2, 0.25) is 0 Å². The number of esters is 1. The number of hydrogen-bond donors (Lipinski definition) is 3. The van der Waals surface area contributed by atoms with Crippen molar-refractivity contribution in [1.82, 2.24) is 0 Å². The molecular weight excluding hydrogens is 308 g/mol. The zero-order valence-electron chi connectivity index (χ0n) is 12.9. The van der Waals surface area contributed by atoms with Gasteiger partial charge in [0.25, 0.3) is 0 Å². The summed E-state index contributed by atoms with van der Waals surface area (Å²) < 4.78 is 5.27. The fourth-order valence-corrected chi connectivity index (χ4v) is 3.00. The molecule has 0 spiro atoms. The topological polar surface area (TPSA) is 116 Å². The van der Waals surface area contributed by atoms with Crippen LogP contribution in [0.15, 0.2) is 48.5 Å². The van der Waals surface area contributed by atoms with Gasteiger partial charge in [0.15, 0.2) is 0 Å². The summed E-state index contributed by atoms with van der Waals surface area (Å²) in [6.45, 7) is 0.0902. The van der Waals surface area contributed by atoms with Crippen LogP contribution < -0.4 is 11.5 Å². The molecule has 2 unspecified atom stereocenters. The summed E-state index contributed by atoms with van der Waals surface area (Å²) in [4.78, 5) is 22.8. The molecule has 124 valence electrons. The monoisotopic (exact) mass is 326 g/mol. The highest BCUT2D eigenvalue weighted by atomic mass is 16.5. The molecule has 6 nitrogen and oxygen atoms in total. The van der Waals surface area contributed by atoms with Crippen molar-refractivity contribution in [1.29, 1.82) is 0 Å². The van der Waals surface area contributed by atoms with Crippen LogP contribution in [0.4, 0.5) is 0 Å². The zero-order chi connectivity index (χ0) is 17.3. The van der Waals surface area contributed by atoms with Crippen LogP contribution in [-0.2, 0) is 14.3 Å². The number of fused-ring (bicyclic) bond motifs is 3. The Hall–Kier alpha value is -2.70. The van der Waals surface area contributed by atoms with Gasteiger partial charge in [-0.25, -0.2) is 0 Å². The minimum atomic E-state index is -1.49. The van der Waals surface area contributed by atoms with Gasteiger partial charge in [0.05, 0.1) is 0 Å². The third-order valence-electron chi connectivity index (χ3n) is 4.30. The molecule has 0 saturated carbocycles. The largest absolute Gasteiger partial charge is 0.480 e. The maximum Gasteiger partial charge on any atom is 0.325 e. The third kappa shape index (κ3) is 2.77. The lowest BCUT2D eigenvalue weighted by atomic mass is 9.98. The van der Waals surface area contributed by atoms with Crippen molar-refractivity contribution in [2.45, 2.75) is 18.0 Å². The lowest BCUT2D eigenvalue weighted by molar-refractivity contribution is -0.150. The minimum Gasteiger partial charge on any atom is -0.480 e. The average Bonchev–Trinajstić information content (AvgIpc) is 2.92. The van der Waals surface area contributed by atoms with Gasteiger partial charge in [-0.3, -0.25) is 9.59 Å². The second-order valence-corrected chi connectivity index (χ2v) is 5.75. The molecule has 2 aromatic carbocycles. The number of carboxylic acid groups (broad SMARTS) is 1. The number of nitrogens with two attached hydrogens (primary N) is 2. The van der Waals surface area contributed by atoms with Gasteiger partial charge >= 0.3 is 11.9 Å². The molecule has 6 heteroatoms. The van der Waals surface area contributed by atoms with Gasteiger partial charge in [0.2, 0.25) is 0 Å². The summed E-state index contributed by atoms with van der Waals surface area (Å²) in [5, 5.41) is 8.83. The van der Waals surface area contributed by atoms with Gasteiger partial charge in [-0.1, -0.05) is 48.5 Å². The molecule has 3 rings (SSSR count). The number of benzene rings is 2. The number of carbonyl (C=O) groups excluding carboxylic acids is 1. The molecule has 5 N–H and O–H groups in total. The van der Waals surface area contributed by atoms with Crippen molar-refractivity contribution >= 4 is 11.9 Å². The van der Waals surface area contributed by atoms with E-state index in [1.54, 1.807) is 0 Å². The van der Waals surface area contributed by atoms with Crippen molar-refractivity contribution in [3.63, 3.8) is 0 Å². The maximum absolute atomic E-state index is 12.0. The molecule has 0 saturated heterocycles. The van der Waals surface area contributed by atoms with E-state index in [1.165, 1.54) is 0 Å². The summed E-state index contributed by atoms with van der Waals surface area (Å²) in [5.74, 6) is -2.25. The van der Waals surface area contributed by atoms with Gasteiger partial charge in [-0.05, 0) is 22.3 Å². The van der Waals surface area contributed by atoms with E-state index in [0.717, 1.165) is 22.3 Å². The molecule has 0 aromatic heterocycles. The fourth-order valence-electron chi connectivity index (χ4n) is 3.00. The van der Waals surface area contributed by atoms with Crippen molar-refractivity contribution in [3.8, 4) is 11.1 Å². The van der Waals surface area contributed by atoms with E-state index < -0.39 is 24.0 Å². The van der Waals surface area contributed by atoms with Crippen molar-refractivity contribution in [2.75, 3.05) is 6.61 Å². The predicted octanol–water partition coefficient (Wildman–Crippen LogP) is 1.08. The molecular formula is C18H18N2O4. The first kappa shape index (κ1) is 16.2.